The van der Waals surface area contributed by atoms with Crippen molar-refractivity contribution in [3.05, 3.63) is 84.2 Å². The molecule has 0 saturated carbocycles. The number of nitrogens with zero attached hydrogens (tertiary/aromatic N) is 1. The first-order valence-electron chi connectivity index (χ1n) is 10.4. The van der Waals surface area contributed by atoms with Gasteiger partial charge in [0.25, 0.3) is 5.91 Å². The normalized spacial score (nSPS) is 16.7. The van der Waals surface area contributed by atoms with Crippen molar-refractivity contribution in [1.82, 2.24) is 14.9 Å². The van der Waals surface area contributed by atoms with E-state index in [9.17, 15) is 14.7 Å². The molecule has 0 radical (unpaired) electrons. The van der Waals surface area contributed by atoms with Crippen LogP contribution in [-0.4, -0.2) is 32.9 Å². The van der Waals surface area contributed by atoms with E-state index in [0.29, 0.717) is 11.1 Å². The number of H-pyrrole nitrogens is 1. The fourth-order valence-corrected chi connectivity index (χ4v) is 4.38. The highest BCUT2D eigenvalue weighted by atomic mass is 16.3. The summed E-state index contributed by atoms with van der Waals surface area (Å²) in [4.78, 5) is 28.4. The highest BCUT2D eigenvalue weighted by Crippen LogP contribution is 2.33. The summed E-state index contributed by atoms with van der Waals surface area (Å²) in [6.45, 7) is -0.179. The second kappa shape index (κ2) is 7.89. The summed E-state index contributed by atoms with van der Waals surface area (Å²) in [6, 6.07) is 15.5. The average Bonchev–Trinajstić information content (AvgIpc) is 3.54. The van der Waals surface area contributed by atoms with Crippen molar-refractivity contribution in [1.29, 1.82) is 0 Å². The summed E-state index contributed by atoms with van der Waals surface area (Å²) < 4.78 is 2.11. The fourth-order valence-electron chi connectivity index (χ4n) is 4.38. The number of rotatable bonds is 6. The third kappa shape index (κ3) is 3.45. The Bertz CT molecular complexity index is 1310. The van der Waals surface area contributed by atoms with E-state index in [1.807, 2.05) is 54.7 Å². The summed E-state index contributed by atoms with van der Waals surface area (Å²) in [5.74, 6) is -0.797. The molecule has 2 heterocycles. The van der Waals surface area contributed by atoms with Crippen LogP contribution in [0.1, 0.15) is 40.9 Å². The van der Waals surface area contributed by atoms with Gasteiger partial charge in [-0.3, -0.25) is 9.59 Å². The zero-order chi connectivity index (χ0) is 21.4. The van der Waals surface area contributed by atoms with Gasteiger partial charge >= 0.3 is 0 Å². The number of aliphatic hydroxyl groups excluding tert-OH is 1. The van der Waals surface area contributed by atoms with Gasteiger partial charge in [0.2, 0.25) is 0 Å². The molecule has 6 nitrogen and oxygen atoms in total. The van der Waals surface area contributed by atoms with Gasteiger partial charge in [-0.25, -0.2) is 0 Å². The number of ketones is 1. The van der Waals surface area contributed by atoms with Crippen molar-refractivity contribution in [2.24, 2.45) is 0 Å². The first kappa shape index (κ1) is 19.3. The second-order valence-corrected chi connectivity index (χ2v) is 7.87. The lowest BCUT2D eigenvalue weighted by Crippen LogP contribution is -2.33. The third-order valence-electron chi connectivity index (χ3n) is 5.97. The fraction of sp³-hybridized carbons (Fsp3) is 0.200. The van der Waals surface area contributed by atoms with Crippen LogP contribution in [-0.2, 0) is 4.79 Å². The summed E-state index contributed by atoms with van der Waals surface area (Å²) in [5, 5.41) is 15.1. The highest BCUT2D eigenvalue weighted by Gasteiger charge is 2.25. The highest BCUT2D eigenvalue weighted by molar-refractivity contribution is 6.09. The van der Waals surface area contributed by atoms with Crippen LogP contribution in [0.4, 0.5) is 0 Å². The van der Waals surface area contributed by atoms with Gasteiger partial charge in [-0.15, -0.1) is 0 Å². The van der Waals surface area contributed by atoms with E-state index >= 15 is 0 Å². The van der Waals surface area contributed by atoms with Gasteiger partial charge in [0.1, 0.15) is 0 Å². The Hall–Kier alpha value is -3.64. The van der Waals surface area contributed by atoms with E-state index in [-0.39, 0.29) is 18.4 Å². The number of allylic oxidation sites excluding steroid dienone is 2. The minimum Gasteiger partial charge on any atom is -0.378 e. The standard InChI is InChI=1S/C25H23N3O3/c29-23(19-13-26-21-11-5-3-9-17(19)21)14-27-25(31)24(30)20-15-28(16-7-1-2-8-16)22-12-6-4-10-18(20)22/h1,3-7,9-13,15-16,24,26,30H,2,8,14H2,(H,27,31)/t16-,24?/m1/s1. The molecule has 4 aromatic rings. The van der Waals surface area contributed by atoms with E-state index in [1.54, 1.807) is 6.20 Å². The molecule has 3 N–H and O–H groups in total. The summed E-state index contributed by atoms with van der Waals surface area (Å²) >= 11 is 0. The number of amides is 1. The number of nitrogens with one attached hydrogen (secondary N) is 2. The molecule has 1 unspecified atom stereocenters. The number of para-hydroxylation sites is 2. The van der Waals surface area contributed by atoms with Gasteiger partial charge in [-0.1, -0.05) is 48.6 Å². The van der Waals surface area contributed by atoms with E-state index < -0.39 is 12.0 Å². The van der Waals surface area contributed by atoms with Crippen LogP contribution in [0.5, 0.6) is 0 Å². The molecule has 1 aliphatic carbocycles. The van der Waals surface area contributed by atoms with Crippen molar-refractivity contribution in [3.8, 4) is 0 Å². The topological polar surface area (TPSA) is 87.1 Å². The molecular formula is C25H23N3O3. The average molecular weight is 413 g/mol. The van der Waals surface area contributed by atoms with E-state index in [1.165, 1.54) is 0 Å². The first-order chi connectivity index (χ1) is 15.1. The number of benzene rings is 2. The molecule has 0 aliphatic heterocycles. The maximum atomic E-state index is 12.7. The maximum absolute atomic E-state index is 12.7. The quantitative estimate of drug-likeness (QED) is 0.329. The minimum absolute atomic E-state index is 0.179. The Morgan fingerprint density at radius 1 is 1.13 bits per heavy atom. The lowest BCUT2D eigenvalue weighted by atomic mass is 10.1. The van der Waals surface area contributed by atoms with Crippen LogP contribution < -0.4 is 5.32 Å². The number of carbonyl (C=O) groups is 2. The van der Waals surface area contributed by atoms with Crippen LogP contribution in [0.3, 0.4) is 0 Å². The number of carbonyl (C=O) groups excluding carboxylic acids is 2. The van der Waals surface area contributed by atoms with Crippen molar-refractivity contribution >= 4 is 33.5 Å². The van der Waals surface area contributed by atoms with Crippen LogP contribution in [0.15, 0.2) is 73.1 Å². The predicted molar refractivity (Wildman–Crippen MR) is 120 cm³/mol. The Kier molecular flexibility index (Phi) is 4.92. The Balaban J connectivity index is 1.35. The van der Waals surface area contributed by atoms with E-state index in [4.69, 9.17) is 0 Å². The van der Waals surface area contributed by atoms with Crippen LogP contribution >= 0.6 is 0 Å². The Morgan fingerprint density at radius 2 is 1.90 bits per heavy atom. The van der Waals surface area contributed by atoms with Gasteiger partial charge in [0.15, 0.2) is 11.9 Å². The number of aromatic nitrogens is 2. The van der Waals surface area contributed by atoms with Crippen molar-refractivity contribution in [3.63, 3.8) is 0 Å². The van der Waals surface area contributed by atoms with Crippen LogP contribution in [0.25, 0.3) is 21.8 Å². The molecule has 1 aliphatic rings. The van der Waals surface area contributed by atoms with Gasteiger partial charge in [0, 0.05) is 45.3 Å². The SMILES string of the molecule is O=C(CNC(=O)C(O)c1cn([C@@H]2C=CCC2)c2ccccc12)c1c[nH]c2ccccc12. The van der Waals surface area contributed by atoms with Crippen LogP contribution in [0.2, 0.25) is 0 Å². The predicted octanol–water partition coefficient (Wildman–Crippen LogP) is 4.05. The molecule has 0 saturated heterocycles. The maximum Gasteiger partial charge on any atom is 0.253 e. The molecule has 0 spiro atoms. The number of Topliss-reactive ketones (excluding diaryl/α,β-unsaturated/α-hetero) is 1. The summed E-state index contributed by atoms with van der Waals surface area (Å²) in [5.41, 5.74) is 2.92. The minimum atomic E-state index is -1.35. The van der Waals surface area contributed by atoms with E-state index in [0.717, 1.165) is 34.6 Å². The number of hydrogen-bond acceptors (Lipinski definition) is 3. The zero-order valence-corrected chi connectivity index (χ0v) is 16.9. The molecular weight excluding hydrogens is 390 g/mol. The molecule has 156 valence electrons. The smallest absolute Gasteiger partial charge is 0.253 e. The molecule has 31 heavy (non-hydrogen) atoms. The van der Waals surface area contributed by atoms with Gasteiger partial charge in [0.05, 0.1) is 12.6 Å². The number of aromatic amines is 1. The molecule has 2 aromatic heterocycles. The van der Waals surface area contributed by atoms with Crippen molar-refractivity contribution in [2.75, 3.05) is 6.54 Å². The van der Waals surface area contributed by atoms with Crippen molar-refractivity contribution < 1.29 is 14.7 Å². The van der Waals surface area contributed by atoms with Gasteiger partial charge in [-0.05, 0) is 25.0 Å². The van der Waals surface area contributed by atoms with Gasteiger partial charge in [-0.2, -0.15) is 0 Å². The Labute approximate surface area is 179 Å². The summed E-state index contributed by atoms with van der Waals surface area (Å²) in [7, 11) is 0. The molecule has 2 atom stereocenters. The molecule has 6 heteroatoms. The lowest BCUT2D eigenvalue weighted by Gasteiger charge is -2.12. The monoisotopic (exact) mass is 413 g/mol. The number of aliphatic hydroxyl groups is 1. The second-order valence-electron chi connectivity index (χ2n) is 7.87. The largest absolute Gasteiger partial charge is 0.378 e. The number of hydrogen-bond donors (Lipinski definition) is 3. The van der Waals surface area contributed by atoms with E-state index in [2.05, 4.69) is 27.0 Å². The molecule has 2 aromatic carbocycles. The summed E-state index contributed by atoms with van der Waals surface area (Å²) in [6.07, 6.45) is 8.48. The van der Waals surface area contributed by atoms with Crippen LogP contribution in [0, 0.1) is 0 Å². The lowest BCUT2D eigenvalue weighted by molar-refractivity contribution is -0.129. The molecule has 0 fully saturated rings. The van der Waals surface area contributed by atoms with Gasteiger partial charge < -0.3 is 20.0 Å². The Morgan fingerprint density at radius 3 is 2.71 bits per heavy atom. The first-order valence-corrected chi connectivity index (χ1v) is 10.4. The molecule has 5 rings (SSSR count). The third-order valence-corrected chi connectivity index (χ3v) is 5.97. The zero-order valence-electron chi connectivity index (χ0n) is 16.9. The number of fused-ring (bicyclic) bond motifs is 2. The molecule has 1 amide bonds. The van der Waals surface area contributed by atoms with Crippen molar-refractivity contribution in [2.45, 2.75) is 25.0 Å². The molecule has 0 bridgehead atoms.